The molecule has 122 valence electrons. The summed E-state index contributed by atoms with van der Waals surface area (Å²) in [6, 6.07) is 11.7. The monoisotopic (exact) mass is 314 g/mol. The van der Waals surface area contributed by atoms with Crippen molar-refractivity contribution >= 4 is 5.82 Å². The van der Waals surface area contributed by atoms with Crippen molar-refractivity contribution in [2.75, 3.05) is 44.7 Å². The van der Waals surface area contributed by atoms with Gasteiger partial charge in [0.25, 0.3) is 0 Å². The van der Waals surface area contributed by atoms with E-state index < -0.39 is 0 Å². The summed E-state index contributed by atoms with van der Waals surface area (Å²) >= 11 is 0. The lowest BCUT2D eigenvalue weighted by molar-refractivity contribution is 0.0398. The summed E-state index contributed by atoms with van der Waals surface area (Å²) in [5, 5.41) is 21.4. The number of aliphatic hydroxyl groups is 1. The van der Waals surface area contributed by atoms with Gasteiger partial charge in [-0.2, -0.15) is 0 Å². The van der Waals surface area contributed by atoms with Gasteiger partial charge in [-0.3, -0.25) is 4.90 Å². The first-order valence-electron chi connectivity index (χ1n) is 7.93. The third kappa shape index (κ3) is 4.25. The molecule has 0 amide bonds. The quantitative estimate of drug-likeness (QED) is 0.839. The molecule has 3 rings (SSSR count). The van der Waals surface area contributed by atoms with Crippen LogP contribution < -0.4 is 5.32 Å². The highest BCUT2D eigenvalue weighted by Crippen LogP contribution is 2.20. The summed E-state index contributed by atoms with van der Waals surface area (Å²) in [7, 11) is 0. The van der Waals surface area contributed by atoms with Crippen molar-refractivity contribution in [3.8, 4) is 11.3 Å². The summed E-state index contributed by atoms with van der Waals surface area (Å²) in [6.07, 6.45) is 0. The maximum absolute atomic E-state index is 9.60. The Labute approximate surface area is 136 Å². The number of aromatic nitrogens is 2. The van der Waals surface area contributed by atoms with Crippen LogP contribution in [0.1, 0.15) is 5.56 Å². The Hall–Kier alpha value is -2.02. The van der Waals surface area contributed by atoms with E-state index in [-0.39, 0.29) is 6.61 Å². The molecule has 2 N–H and O–H groups in total. The maximum Gasteiger partial charge on any atom is 0.154 e. The lowest BCUT2D eigenvalue weighted by Crippen LogP contribution is -2.39. The second-order valence-corrected chi connectivity index (χ2v) is 5.51. The summed E-state index contributed by atoms with van der Waals surface area (Å²) in [4.78, 5) is 2.35. The Kier molecular flexibility index (Phi) is 5.52. The van der Waals surface area contributed by atoms with Gasteiger partial charge < -0.3 is 15.2 Å². The molecule has 1 aromatic heterocycles. The van der Waals surface area contributed by atoms with Gasteiger partial charge >= 0.3 is 0 Å². The third-order valence-electron chi connectivity index (χ3n) is 3.94. The van der Waals surface area contributed by atoms with E-state index in [1.54, 1.807) is 0 Å². The number of hydrogen-bond donors (Lipinski definition) is 2. The molecule has 0 bridgehead atoms. The second-order valence-electron chi connectivity index (χ2n) is 5.51. The highest BCUT2D eigenvalue weighted by Gasteiger charge is 2.11. The fraction of sp³-hybridized carbons (Fsp3) is 0.412. The van der Waals surface area contributed by atoms with E-state index in [0.717, 1.165) is 56.2 Å². The van der Waals surface area contributed by atoms with Gasteiger partial charge in [0.05, 0.1) is 25.5 Å². The molecule has 6 heteroatoms. The minimum absolute atomic E-state index is 0.0603. The zero-order valence-electron chi connectivity index (χ0n) is 13.1. The first kappa shape index (κ1) is 15.9. The number of anilines is 1. The predicted octanol–water partition coefficient (Wildman–Crippen LogP) is 1.38. The van der Waals surface area contributed by atoms with Gasteiger partial charge in [0.2, 0.25) is 0 Å². The van der Waals surface area contributed by atoms with Crippen molar-refractivity contribution in [2.45, 2.75) is 6.61 Å². The highest BCUT2D eigenvalue weighted by molar-refractivity contribution is 5.61. The molecule has 23 heavy (non-hydrogen) atoms. The Morgan fingerprint density at radius 3 is 2.65 bits per heavy atom. The molecule has 1 aliphatic rings. The van der Waals surface area contributed by atoms with Gasteiger partial charge in [0, 0.05) is 37.3 Å². The molecule has 6 nitrogen and oxygen atoms in total. The van der Waals surface area contributed by atoms with Crippen LogP contribution in [0.2, 0.25) is 0 Å². The van der Waals surface area contributed by atoms with Gasteiger partial charge in [-0.25, -0.2) is 0 Å². The van der Waals surface area contributed by atoms with Crippen molar-refractivity contribution in [1.82, 2.24) is 15.1 Å². The van der Waals surface area contributed by atoms with Crippen LogP contribution in [0.4, 0.5) is 5.82 Å². The van der Waals surface area contributed by atoms with Crippen molar-refractivity contribution in [1.29, 1.82) is 0 Å². The van der Waals surface area contributed by atoms with Crippen LogP contribution in [-0.2, 0) is 11.3 Å². The van der Waals surface area contributed by atoms with E-state index in [4.69, 9.17) is 4.74 Å². The highest BCUT2D eigenvalue weighted by atomic mass is 16.5. The molecule has 1 saturated heterocycles. The van der Waals surface area contributed by atoms with Crippen molar-refractivity contribution < 1.29 is 9.84 Å². The largest absolute Gasteiger partial charge is 0.392 e. The number of hydrogen-bond acceptors (Lipinski definition) is 6. The van der Waals surface area contributed by atoms with Crippen LogP contribution in [0.15, 0.2) is 36.4 Å². The molecule has 2 aromatic rings. The third-order valence-corrected chi connectivity index (χ3v) is 3.94. The molecular weight excluding hydrogens is 292 g/mol. The summed E-state index contributed by atoms with van der Waals surface area (Å²) in [5.41, 5.74) is 2.53. The Bertz CT molecular complexity index is 615. The molecule has 0 radical (unpaired) electrons. The van der Waals surface area contributed by atoms with E-state index >= 15 is 0 Å². The number of nitrogens with zero attached hydrogens (tertiary/aromatic N) is 3. The maximum atomic E-state index is 9.60. The number of benzene rings is 1. The smallest absolute Gasteiger partial charge is 0.154 e. The topological polar surface area (TPSA) is 70.5 Å². The van der Waals surface area contributed by atoms with Crippen LogP contribution in [0, 0.1) is 0 Å². The Morgan fingerprint density at radius 2 is 1.91 bits per heavy atom. The molecule has 1 aromatic carbocycles. The zero-order chi connectivity index (χ0) is 15.9. The van der Waals surface area contributed by atoms with Gasteiger partial charge in [-0.05, 0) is 6.07 Å². The average Bonchev–Trinajstić information content (AvgIpc) is 2.63. The van der Waals surface area contributed by atoms with E-state index in [1.165, 1.54) is 0 Å². The number of aliphatic hydroxyl groups excluding tert-OH is 1. The Morgan fingerprint density at radius 1 is 1.13 bits per heavy atom. The average molecular weight is 314 g/mol. The van der Waals surface area contributed by atoms with E-state index in [2.05, 4.69) is 20.4 Å². The van der Waals surface area contributed by atoms with Gasteiger partial charge in [-0.1, -0.05) is 30.3 Å². The predicted molar refractivity (Wildman–Crippen MR) is 89.1 cm³/mol. The fourth-order valence-electron chi connectivity index (χ4n) is 2.61. The van der Waals surface area contributed by atoms with E-state index in [1.807, 2.05) is 36.4 Å². The first-order valence-corrected chi connectivity index (χ1v) is 7.93. The minimum atomic E-state index is -0.0603. The molecule has 0 atom stereocenters. The molecule has 0 spiro atoms. The molecule has 2 heterocycles. The molecule has 1 fully saturated rings. The molecular formula is C17H22N4O2. The van der Waals surface area contributed by atoms with Crippen LogP contribution in [0.3, 0.4) is 0 Å². The van der Waals surface area contributed by atoms with Crippen molar-refractivity contribution in [3.63, 3.8) is 0 Å². The number of rotatable bonds is 6. The Balaban J connectivity index is 1.63. The standard InChI is InChI=1S/C17H22N4O2/c22-13-15-12-16(14-4-2-1-3-5-14)19-20-17(15)18-6-7-21-8-10-23-11-9-21/h1-5,12,22H,6-11,13H2,(H,18,20). The number of ether oxygens (including phenoxy) is 1. The molecule has 0 unspecified atom stereocenters. The first-order chi connectivity index (χ1) is 11.4. The molecule has 0 aliphatic carbocycles. The van der Waals surface area contributed by atoms with Gasteiger partial charge in [0.15, 0.2) is 5.82 Å². The van der Waals surface area contributed by atoms with Crippen LogP contribution in [-0.4, -0.2) is 59.6 Å². The summed E-state index contributed by atoms with van der Waals surface area (Å²) in [5.74, 6) is 0.653. The van der Waals surface area contributed by atoms with Gasteiger partial charge in [0.1, 0.15) is 0 Å². The number of morpholine rings is 1. The lowest BCUT2D eigenvalue weighted by Gasteiger charge is -2.26. The van der Waals surface area contributed by atoms with Crippen LogP contribution in [0.5, 0.6) is 0 Å². The number of nitrogens with one attached hydrogen (secondary N) is 1. The van der Waals surface area contributed by atoms with Crippen LogP contribution >= 0.6 is 0 Å². The summed E-state index contributed by atoms with van der Waals surface area (Å²) in [6.45, 7) is 5.17. The molecule has 1 aliphatic heterocycles. The SMILES string of the molecule is OCc1cc(-c2ccccc2)nnc1NCCN1CCOCC1. The lowest BCUT2D eigenvalue weighted by atomic mass is 10.1. The minimum Gasteiger partial charge on any atom is -0.392 e. The van der Waals surface area contributed by atoms with Crippen molar-refractivity contribution in [2.24, 2.45) is 0 Å². The van der Waals surface area contributed by atoms with Crippen LogP contribution in [0.25, 0.3) is 11.3 Å². The summed E-state index contributed by atoms with van der Waals surface area (Å²) < 4.78 is 5.34. The van der Waals surface area contributed by atoms with E-state index in [0.29, 0.717) is 5.82 Å². The normalized spacial score (nSPS) is 15.5. The second kappa shape index (κ2) is 8.01. The van der Waals surface area contributed by atoms with Crippen molar-refractivity contribution in [3.05, 3.63) is 42.0 Å². The van der Waals surface area contributed by atoms with E-state index in [9.17, 15) is 5.11 Å². The zero-order valence-corrected chi connectivity index (χ0v) is 13.1. The van der Waals surface area contributed by atoms with Gasteiger partial charge in [-0.15, -0.1) is 10.2 Å². The fourth-order valence-corrected chi connectivity index (χ4v) is 2.61. The molecule has 0 saturated carbocycles.